The summed E-state index contributed by atoms with van der Waals surface area (Å²) in [4.78, 5) is 33.9. The van der Waals surface area contributed by atoms with E-state index in [0.717, 1.165) is 12.1 Å². The van der Waals surface area contributed by atoms with E-state index in [1.807, 2.05) is 0 Å². The monoisotopic (exact) mass is 470 g/mol. The first-order valence-corrected chi connectivity index (χ1v) is 12.5. The molecule has 0 bridgehead atoms. The van der Waals surface area contributed by atoms with Crippen molar-refractivity contribution in [1.82, 2.24) is 5.32 Å². The molecule has 2 rings (SSSR count). The number of nitrogens with one attached hydrogen (secondary N) is 1. The van der Waals surface area contributed by atoms with E-state index in [2.05, 4.69) is 10.6 Å². The number of esters is 1. The number of rotatable bonds is 6. The zero-order valence-electron chi connectivity index (χ0n) is 21.5. The van der Waals surface area contributed by atoms with Crippen molar-refractivity contribution in [3.05, 3.63) is 0 Å². The second-order valence-corrected chi connectivity index (χ2v) is 11.3. The highest BCUT2D eigenvalue weighted by Gasteiger charge is 2.25. The Labute approximate surface area is 199 Å². The second kappa shape index (κ2) is 13.8. The van der Waals surface area contributed by atoms with Gasteiger partial charge in [0.2, 0.25) is 0 Å². The number of amides is 1. The number of carboxylic acid groups (broad SMARTS) is 1. The van der Waals surface area contributed by atoms with Crippen LogP contribution in [0.3, 0.4) is 0 Å². The molecule has 2 fully saturated rings. The number of aliphatic carboxylic acids is 1. The lowest BCUT2D eigenvalue weighted by molar-refractivity contribution is -0.725. The fourth-order valence-electron chi connectivity index (χ4n) is 4.23. The molecule has 0 aromatic rings. The number of hydrogen-bond donors (Lipinski definition) is 2. The van der Waals surface area contributed by atoms with Crippen molar-refractivity contribution >= 4 is 18.0 Å². The molecule has 0 saturated heterocycles. The molecule has 3 N–H and O–H groups in total. The lowest BCUT2D eigenvalue weighted by Crippen LogP contribution is -2.95. The van der Waals surface area contributed by atoms with Crippen LogP contribution in [0.25, 0.3) is 0 Å². The molecule has 2 aliphatic carbocycles. The maximum absolute atomic E-state index is 11.5. The molecule has 2 saturated carbocycles. The smallest absolute Gasteiger partial charge is 0.408 e. The number of carboxylic acids is 1. The van der Waals surface area contributed by atoms with Crippen LogP contribution < -0.4 is 15.7 Å². The van der Waals surface area contributed by atoms with Crippen LogP contribution >= 0.6 is 0 Å². The van der Waals surface area contributed by atoms with E-state index in [1.165, 1.54) is 64.2 Å². The van der Waals surface area contributed by atoms with Gasteiger partial charge in [0.1, 0.15) is 11.2 Å². The average molecular weight is 471 g/mol. The number of quaternary nitrogens is 1. The summed E-state index contributed by atoms with van der Waals surface area (Å²) in [7, 11) is 0. The highest BCUT2D eigenvalue weighted by atomic mass is 16.6. The Morgan fingerprint density at radius 3 is 1.61 bits per heavy atom. The molecule has 33 heavy (non-hydrogen) atoms. The molecule has 0 aliphatic heterocycles. The summed E-state index contributed by atoms with van der Waals surface area (Å²) in [5, 5.41) is 15.7. The normalized spacial score (nSPS) is 19.0. The fourth-order valence-corrected chi connectivity index (χ4v) is 4.23. The highest BCUT2D eigenvalue weighted by molar-refractivity contribution is 5.84. The molecule has 0 aromatic carbocycles. The van der Waals surface area contributed by atoms with Gasteiger partial charge in [-0.25, -0.2) is 4.79 Å². The van der Waals surface area contributed by atoms with Crippen LogP contribution in [0.15, 0.2) is 0 Å². The first-order chi connectivity index (χ1) is 15.2. The van der Waals surface area contributed by atoms with Gasteiger partial charge < -0.3 is 30.0 Å². The molecular weight excluding hydrogens is 424 g/mol. The van der Waals surface area contributed by atoms with E-state index < -0.39 is 41.7 Å². The summed E-state index contributed by atoms with van der Waals surface area (Å²) in [6, 6.07) is 0.494. The summed E-state index contributed by atoms with van der Waals surface area (Å²) in [6.45, 7) is 9.86. The van der Waals surface area contributed by atoms with E-state index in [-0.39, 0.29) is 0 Å². The number of hydrogen-bond acceptors (Lipinski definition) is 6. The lowest BCUT2D eigenvalue weighted by atomic mass is 9.91. The van der Waals surface area contributed by atoms with Gasteiger partial charge >= 0.3 is 12.1 Å². The van der Waals surface area contributed by atoms with Gasteiger partial charge in [0.25, 0.3) is 0 Å². The van der Waals surface area contributed by atoms with Crippen molar-refractivity contribution in [3.63, 3.8) is 0 Å². The van der Waals surface area contributed by atoms with Gasteiger partial charge in [-0.3, -0.25) is 4.79 Å². The van der Waals surface area contributed by atoms with Crippen molar-refractivity contribution in [2.75, 3.05) is 0 Å². The minimum Gasteiger partial charge on any atom is -0.548 e. The Bertz CT molecular complexity index is 565. The largest absolute Gasteiger partial charge is 0.548 e. The number of carbonyl (C=O) groups is 3. The summed E-state index contributed by atoms with van der Waals surface area (Å²) >= 11 is 0. The van der Waals surface area contributed by atoms with Crippen molar-refractivity contribution < 1.29 is 34.3 Å². The molecule has 0 spiro atoms. The summed E-state index contributed by atoms with van der Waals surface area (Å²) in [5.41, 5.74) is -1.51. The van der Waals surface area contributed by atoms with E-state index >= 15 is 0 Å². The minimum absolute atomic E-state index is 0.529. The lowest BCUT2D eigenvalue weighted by Gasteiger charge is -2.27. The van der Waals surface area contributed by atoms with Crippen LogP contribution in [0.5, 0.6) is 0 Å². The zero-order valence-corrected chi connectivity index (χ0v) is 21.5. The van der Waals surface area contributed by atoms with Crippen molar-refractivity contribution in [1.29, 1.82) is 0 Å². The molecular formula is C25H46N2O6. The Hall–Kier alpha value is -1.83. The van der Waals surface area contributed by atoms with Crippen molar-refractivity contribution in [2.24, 2.45) is 0 Å². The Morgan fingerprint density at radius 1 is 0.818 bits per heavy atom. The Balaban J connectivity index is 0.000000357. The maximum atomic E-state index is 11.5. The minimum atomic E-state index is -1.58. The molecule has 8 heteroatoms. The number of ether oxygens (including phenoxy) is 2. The van der Waals surface area contributed by atoms with Gasteiger partial charge in [-0.2, -0.15) is 0 Å². The van der Waals surface area contributed by atoms with Gasteiger partial charge in [-0.05, 0) is 92.9 Å². The summed E-state index contributed by atoms with van der Waals surface area (Å²) in [6.07, 6.45) is 13.5. The molecule has 1 amide bonds. The van der Waals surface area contributed by atoms with E-state index in [4.69, 9.17) is 9.47 Å². The molecule has 192 valence electrons. The zero-order chi connectivity index (χ0) is 25.1. The second-order valence-electron chi connectivity index (χ2n) is 11.3. The van der Waals surface area contributed by atoms with Crippen LogP contribution in [0, 0.1) is 0 Å². The van der Waals surface area contributed by atoms with Gasteiger partial charge in [0, 0.05) is 0 Å². The predicted molar refractivity (Wildman–Crippen MR) is 124 cm³/mol. The van der Waals surface area contributed by atoms with Gasteiger partial charge in [-0.1, -0.05) is 12.8 Å². The van der Waals surface area contributed by atoms with Crippen LogP contribution in [-0.2, 0) is 19.1 Å². The van der Waals surface area contributed by atoms with E-state index in [0.29, 0.717) is 0 Å². The molecule has 0 heterocycles. The van der Waals surface area contributed by atoms with Gasteiger partial charge in [0.15, 0.2) is 0 Å². The van der Waals surface area contributed by atoms with Gasteiger partial charge in [-0.15, -0.1) is 0 Å². The first kappa shape index (κ1) is 29.2. The molecule has 0 radical (unpaired) electrons. The van der Waals surface area contributed by atoms with Crippen molar-refractivity contribution in [2.45, 2.75) is 141 Å². The molecule has 1 atom stereocenters. The average Bonchev–Trinajstić information content (AvgIpc) is 2.66. The number of alkyl carbamates (subject to hydrolysis) is 1. The van der Waals surface area contributed by atoms with Gasteiger partial charge in [0.05, 0.1) is 30.5 Å². The van der Waals surface area contributed by atoms with Crippen LogP contribution in [0.1, 0.15) is 112 Å². The van der Waals surface area contributed by atoms with Crippen LogP contribution in [0.2, 0.25) is 0 Å². The standard InChI is InChI=1S/C13H23NO6.C12H23N/c1-12(2,3)19-9(15)7-8(10(16)17)14-11(18)20-13(4,5)6;1-3-7-11(8-4-1)13-12-9-5-2-6-10-12/h8H,7H2,1-6H3,(H,14,18)(H,16,17);11-13H,1-10H2/t8-;/m0./s1. The quantitative estimate of drug-likeness (QED) is 0.576. The summed E-state index contributed by atoms with van der Waals surface area (Å²) < 4.78 is 9.89. The summed E-state index contributed by atoms with van der Waals surface area (Å²) in [5.74, 6) is -2.33. The van der Waals surface area contributed by atoms with Crippen molar-refractivity contribution in [3.8, 4) is 0 Å². The predicted octanol–water partition coefficient (Wildman–Crippen LogP) is 2.58. The third-order valence-corrected chi connectivity index (χ3v) is 5.61. The van der Waals surface area contributed by atoms with Crippen LogP contribution in [-0.4, -0.2) is 47.4 Å². The highest BCUT2D eigenvalue weighted by Crippen LogP contribution is 2.18. The number of carbonyl (C=O) groups excluding carboxylic acids is 3. The molecule has 8 nitrogen and oxygen atoms in total. The Morgan fingerprint density at radius 2 is 1.24 bits per heavy atom. The van der Waals surface area contributed by atoms with Crippen LogP contribution in [0.4, 0.5) is 4.79 Å². The van der Waals surface area contributed by atoms with E-state index in [1.54, 1.807) is 41.5 Å². The first-order valence-electron chi connectivity index (χ1n) is 12.5. The van der Waals surface area contributed by atoms with E-state index in [9.17, 15) is 19.5 Å². The third kappa shape index (κ3) is 14.8. The maximum Gasteiger partial charge on any atom is 0.408 e. The fraction of sp³-hybridized carbons (Fsp3) is 0.880. The molecule has 0 unspecified atom stereocenters. The third-order valence-electron chi connectivity index (χ3n) is 5.61. The topological polar surface area (TPSA) is 121 Å². The number of nitrogens with two attached hydrogens (primary N) is 1. The Kier molecular flexibility index (Phi) is 12.2. The molecule has 0 aromatic heterocycles. The molecule has 2 aliphatic rings. The SMILES string of the molecule is C1CCC([NH2+]C2CCCCC2)CC1.CC(C)(C)OC(=O)C[C@H](NC(=O)OC(C)(C)C)C(=O)[O-].